The van der Waals surface area contributed by atoms with E-state index in [0.717, 1.165) is 94.9 Å². The maximum Gasteiger partial charge on any atom is 0.241 e. The van der Waals surface area contributed by atoms with Gasteiger partial charge in [-0.1, -0.05) is 0 Å². The van der Waals surface area contributed by atoms with Crippen molar-refractivity contribution in [3.63, 3.8) is 0 Å². The lowest BCUT2D eigenvalue weighted by atomic mass is 10.1. The molecule has 3 fully saturated rings. The molecule has 3 amide bonds. The molecular formula is C92H73N21O10. The fraction of sp³-hybridized carbons (Fsp3) is 0.130. The van der Waals surface area contributed by atoms with Gasteiger partial charge in [0.15, 0.2) is 40.7 Å². The Bertz CT molecular complexity index is 6420. The first kappa shape index (κ1) is 80.4. The smallest absolute Gasteiger partial charge is 0.241 e. The van der Waals surface area contributed by atoms with Gasteiger partial charge in [0.2, 0.25) is 17.7 Å². The zero-order chi connectivity index (χ0) is 84.7. The fourth-order valence-corrected chi connectivity index (χ4v) is 13.5. The minimum Gasteiger partial charge on any atom is -0.508 e. The lowest BCUT2D eigenvalue weighted by Crippen LogP contribution is -2.48. The molecule has 0 aliphatic carbocycles. The number of pyridine rings is 7. The zero-order valence-electron chi connectivity index (χ0n) is 65.5. The largest absolute Gasteiger partial charge is 0.508 e. The number of phenolic OH excluding ortho intramolecular Hbond substituents is 5. The number of phenols is 5. The predicted octanol–water partition coefficient (Wildman–Crippen LogP) is 13.2. The number of nitrogens with one attached hydrogen (secondary N) is 1. The van der Waals surface area contributed by atoms with Gasteiger partial charge >= 0.3 is 0 Å². The SMILES string of the molecule is O=C(Cc1cnc2cnc(-c3ccc(O)cc3)nc2c1)c1cccnc1.O=C(Cc1cnc2cnc(-c3ccc(O)cc3)nc2c1)c1ccncc1.O=C1CCCCN1c1cnc2cnc(-c3ccc(O)cc3)nc2c1.O=C1CCCN1c1cnc2cnc(-c3ccc(O)cc3)nc2c1.O=C1CNCCN1c1cnc2cnc(-c3ccc(O)cc3)nc2c1. The standard InChI is InChI=1S/2C20H14N4O2.C18H16N4O2.C17H15N5O2.C17H14N4O2/c25-16-3-1-15(2-4-16)20-23-12-18-17(24-20)9-13(11-22-18)10-19(26)14-5-7-21-8-6-14;25-16-5-3-14(4-6-16)20-23-12-18-17(24-20)8-13(10-22-18)9-19(26)15-2-1-7-21-11-15;23-14-6-4-12(5-7-14)18-20-11-16-15(21-18)9-13(10-19-16)22-8-2-1-3-17(22)24;23-13-3-1-11(2-4-13)17-20-9-15-14(21-17)7-12(8-19-15)22-6-5-18-10-16(22)24;22-13-5-3-11(4-6-13)17-19-10-15-14(20-17)8-12(9-18-15)21-7-1-2-16(21)23/h1-9,11-12,25H,10H2;1-8,10-12,25H,9H2;4-7,9-11,23H,1-3,8H2;1-4,7-9,18,23H,5-6,10H2;3-6,8-10,22H,1-2,7H2. The number of hydrogen-bond donors (Lipinski definition) is 6. The van der Waals surface area contributed by atoms with Gasteiger partial charge in [0.1, 0.15) is 56.3 Å². The number of nitrogens with zero attached hydrogens (tertiary/aromatic N) is 20. The van der Waals surface area contributed by atoms with Crippen LogP contribution in [-0.4, -0.2) is 172 Å². The first-order valence-corrected chi connectivity index (χ1v) is 39.1. The summed E-state index contributed by atoms with van der Waals surface area (Å²) in [5.41, 5.74) is 15.8. The van der Waals surface area contributed by atoms with Gasteiger partial charge in [-0.2, -0.15) is 0 Å². The van der Waals surface area contributed by atoms with Crippen LogP contribution in [0.25, 0.3) is 112 Å². The number of amides is 3. The van der Waals surface area contributed by atoms with Crippen LogP contribution in [0.5, 0.6) is 28.7 Å². The summed E-state index contributed by atoms with van der Waals surface area (Å²) in [4.78, 5) is 140. The quantitative estimate of drug-likeness (QED) is 0.0551. The molecule has 0 unspecified atom stereocenters. The van der Waals surface area contributed by atoms with Gasteiger partial charge in [-0.3, -0.25) is 58.9 Å². The highest BCUT2D eigenvalue weighted by Gasteiger charge is 2.25. The van der Waals surface area contributed by atoms with E-state index >= 15 is 0 Å². The molecule has 31 heteroatoms. The molecule has 0 bridgehead atoms. The van der Waals surface area contributed by atoms with Gasteiger partial charge in [-0.05, 0) is 206 Å². The Morgan fingerprint density at radius 1 is 0.309 bits per heavy atom. The van der Waals surface area contributed by atoms with Crippen molar-refractivity contribution < 1.29 is 49.5 Å². The van der Waals surface area contributed by atoms with E-state index in [1.54, 1.807) is 247 Å². The van der Waals surface area contributed by atoms with Gasteiger partial charge in [-0.15, -0.1) is 0 Å². The van der Waals surface area contributed by atoms with E-state index < -0.39 is 0 Å². The molecule has 15 heterocycles. The third-order valence-electron chi connectivity index (χ3n) is 20.0. The second kappa shape index (κ2) is 37.0. The van der Waals surface area contributed by atoms with Crippen LogP contribution in [0, 0.1) is 0 Å². The second-order valence-electron chi connectivity index (χ2n) is 28.5. The Balaban J connectivity index is 0.000000114. The molecule has 0 atom stereocenters. The van der Waals surface area contributed by atoms with Crippen LogP contribution in [0.1, 0.15) is 63.9 Å². The molecule has 31 nitrogen and oxygen atoms in total. The summed E-state index contributed by atoms with van der Waals surface area (Å²) in [7, 11) is 0. The van der Waals surface area contributed by atoms with Crippen molar-refractivity contribution in [1.82, 2.24) is 90.0 Å². The number of aromatic hydroxyl groups is 5. The molecule has 6 N–H and O–H groups in total. The maximum absolute atomic E-state index is 12.4. The molecule has 0 spiro atoms. The van der Waals surface area contributed by atoms with Crippen LogP contribution in [0.4, 0.5) is 17.1 Å². The highest BCUT2D eigenvalue weighted by molar-refractivity contribution is 6.00. The van der Waals surface area contributed by atoms with Crippen LogP contribution >= 0.6 is 0 Å². The minimum atomic E-state index is -0.0212. The van der Waals surface area contributed by atoms with Gasteiger partial charge in [0.25, 0.3) is 0 Å². The van der Waals surface area contributed by atoms with Crippen LogP contribution in [-0.2, 0) is 27.2 Å². The van der Waals surface area contributed by atoms with E-state index in [1.807, 2.05) is 30.3 Å². The van der Waals surface area contributed by atoms with Crippen molar-refractivity contribution in [1.29, 1.82) is 0 Å². The lowest BCUT2D eigenvalue weighted by Gasteiger charge is -2.27. The average Bonchev–Trinajstić information content (AvgIpc) is 1.79. The highest BCUT2D eigenvalue weighted by atomic mass is 16.3. The molecule has 123 heavy (non-hydrogen) atoms. The molecule has 0 radical (unpaired) electrons. The van der Waals surface area contributed by atoms with Crippen LogP contribution in [0.2, 0.25) is 0 Å². The summed E-state index contributed by atoms with van der Waals surface area (Å²) in [5, 5.41) is 50.0. The summed E-state index contributed by atoms with van der Waals surface area (Å²) >= 11 is 0. The van der Waals surface area contributed by atoms with E-state index in [0.29, 0.717) is 121 Å². The van der Waals surface area contributed by atoms with Crippen molar-refractivity contribution in [2.75, 3.05) is 47.4 Å². The van der Waals surface area contributed by atoms with E-state index in [2.05, 4.69) is 90.0 Å². The van der Waals surface area contributed by atoms with Crippen LogP contribution in [0.15, 0.2) is 263 Å². The van der Waals surface area contributed by atoms with E-state index in [9.17, 15) is 49.5 Å². The Kier molecular flexibility index (Phi) is 24.2. The summed E-state index contributed by atoms with van der Waals surface area (Å²) < 4.78 is 0. The van der Waals surface area contributed by atoms with Gasteiger partial charge in [-0.25, -0.2) is 49.8 Å². The molecule has 0 saturated carbocycles. The number of Topliss-reactive ketones (excluding diaryl/α,β-unsaturated/α-hetero) is 2. The predicted molar refractivity (Wildman–Crippen MR) is 460 cm³/mol. The van der Waals surface area contributed by atoms with Crippen LogP contribution < -0.4 is 20.0 Å². The molecule has 20 rings (SSSR count). The van der Waals surface area contributed by atoms with E-state index in [-0.39, 0.29) is 70.9 Å². The topological polar surface area (TPSA) is 427 Å². The Morgan fingerprint density at radius 3 is 0.984 bits per heavy atom. The Morgan fingerprint density at radius 2 is 0.642 bits per heavy atom. The number of piperidine rings is 1. The molecule has 5 aromatic carbocycles. The maximum atomic E-state index is 12.4. The normalized spacial score (nSPS) is 13.1. The van der Waals surface area contributed by atoms with E-state index in [4.69, 9.17) is 0 Å². The number of carbonyl (C=O) groups is 5. The number of benzene rings is 5. The number of rotatable bonds is 14. The number of piperazine rings is 1. The first-order chi connectivity index (χ1) is 60.0. The number of aromatic nitrogens is 17. The van der Waals surface area contributed by atoms with Gasteiger partial charge in [0, 0.05) is 128 Å². The van der Waals surface area contributed by atoms with Gasteiger partial charge in [0.05, 0.1) is 101 Å². The monoisotopic (exact) mass is 1630 g/mol. The molecule has 3 aliphatic heterocycles. The number of anilines is 3. The van der Waals surface area contributed by atoms with Crippen molar-refractivity contribution in [3.05, 3.63) is 285 Å². The lowest BCUT2D eigenvalue weighted by molar-refractivity contribution is -0.120. The van der Waals surface area contributed by atoms with Crippen molar-refractivity contribution in [2.45, 2.75) is 44.9 Å². The number of carbonyl (C=O) groups excluding carboxylic acids is 5. The number of fused-ring (bicyclic) bond motifs is 5. The summed E-state index contributed by atoms with van der Waals surface area (Å²) in [6.07, 6.45) is 27.6. The molecule has 3 saturated heterocycles. The molecule has 606 valence electrons. The van der Waals surface area contributed by atoms with Crippen molar-refractivity contribution in [2.24, 2.45) is 0 Å². The molecular weight excluding hydrogens is 1560 g/mol. The van der Waals surface area contributed by atoms with E-state index in [1.165, 1.54) is 0 Å². The molecule has 12 aromatic heterocycles. The summed E-state index contributed by atoms with van der Waals surface area (Å²) in [6, 6.07) is 49.7. The van der Waals surface area contributed by atoms with Crippen LogP contribution in [0.3, 0.4) is 0 Å². The third kappa shape index (κ3) is 19.7. The summed E-state index contributed by atoms with van der Waals surface area (Å²) in [5.74, 6) is 3.98. The second-order valence-corrected chi connectivity index (χ2v) is 28.5. The van der Waals surface area contributed by atoms with Crippen molar-refractivity contribution >= 4 is 102 Å². The number of ketones is 2. The average molecular weight is 1630 g/mol. The molecule has 3 aliphatic rings. The third-order valence-corrected chi connectivity index (χ3v) is 20.0. The zero-order valence-corrected chi connectivity index (χ0v) is 65.5. The Labute approximate surface area is 700 Å². The van der Waals surface area contributed by atoms with Crippen molar-refractivity contribution in [3.8, 4) is 85.7 Å². The fourth-order valence-electron chi connectivity index (χ4n) is 13.5. The molecule has 17 aromatic rings. The first-order valence-electron chi connectivity index (χ1n) is 39.1. The minimum absolute atomic E-state index is 0.00126. The van der Waals surface area contributed by atoms with Gasteiger partial charge < -0.3 is 45.5 Å². The number of hydrogen-bond acceptors (Lipinski definition) is 28. The highest BCUT2D eigenvalue weighted by Crippen LogP contribution is 2.31. The Hall–Kier alpha value is -16.4. The summed E-state index contributed by atoms with van der Waals surface area (Å²) in [6.45, 7) is 3.15.